The molecule has 1 saturated carbocycles. The van der Waals surface area contributed by atoms with Crippen LogP contribution in [0.15, 0.2) is 4.99 Å². The Bertz CT molecular complexity index is 321. The van der Waals surface area contributed by atoms with Crippen LogP contribution < -0.4 is 5.32 Å². The number of amidine groups is 1. The van der Waals surface area contributed by atoms with Gasteiger partial charge in [0.05, 0.1) is 6.54 Å². The summed E-state index contributed by atoms with van der Waals surface area (Å²) >= 11 is 1.46. The summed E-state index contributed by atoms with van der Waals surface area (Å²) in [5.74, 6) is 0.555. The molecule has 98 valence electrons. The normalized spacial score (nSPS) is 27.2. The van der Waals surface area contributed by atoms with Crippen LogP contribution in [0, 0.1) is 5.92 Å². The number of alkyl halides is 3. The summed E-state index contributed by atoms with van der Waals surface area (Å²) in [5.41, 5.74) is -1.68. The van der Waals surface area contributed by atoms with Gasteiger partial charge in [-0.1, -0.05) is 25.6 Å². The van der Waals surface area contributed by atoms with Gasteiger partial charge in [0.1, 0.15) is 5.54 Å². The van der Waals surface area contributed by atoms with Gasteiger partial charge in [-0.25, -0.2) is 0 Å². The minimum Gasteiger partial charge on any atom is -0.351 e. The van der Waals surface area contributed by atoms with Crippen LogP contribution in [0.3, 0.4) is 0 Å². The summed E-state index contributed by atoms with van der Waals surface area (Å²) in [6.45, 7) is 4.87. The fourth-order valence-corrected chi connectivity index (χ4v) is 3.29. The number of hydrogen-bond donors (Lipinski definition) is 1. The van der Waals surface area contributed by atoms with Crippen LogP contribution in [0.4, 0.5) is 13.2 Å². The maximum absolute atomic E-state index is 12.7. The monoisotopic (exact) mass is 266 g/mol. The van der Waals surface area contributed by atoms with Crippen molar-refractivity contribution in [1.29, 1.82) is 0 Å². The number of halogens is 3. The molecular weight excluding hydrogens is 249 g/mol. The van der Waals surface area contributed by atoms with Crippen molar-refractivity contribution in [1.82, 2.24) is 5.32 Å². The van der Waals surface area contributed by atoms with Gasteiger partial charge in [-0.2, -0.15) is 13.2 Å². The van der Waals surface area contributed by atoms with Crippen molar-refractivity contribution in [3.8, 4) is 0 Å². The minimum atomic E-state index is -4.16. The second-order valence-corrected chi connectivity index (χ2v) is 6.51. The lowest BCUT2D eigenvalue weighted by molar-refractivity contribution is -0.161. The average Bonchev–Trinajstić information content (AvgIpc) is 2.82. The van der Waals surface area contributed by atoms with Crippen molar-refractivity contribution in [2.75, 3.05) is 6.54 Å². The van der Waals surface area contributed by atoms with Crippen LogP contribution in [0.2, 0.25) is 0 Å². The molecule has 0 bridgehead atoms. The molecule has 1 heterocycles. The van der Waals surface area contributed by atoms with Crippen LogP contribution in [0.25, 0.3) is 0 Å². The Kier molecular flexibility index (Phi) is 3.36. The lowest BCUT2D eigenvalue weighted by Crippen LogP contribution is -2.46. The molecule has 1 N–H and O–H groups in total. The Morgan fingerprint density at radius 3 is 2.59 bits per heavy atom. The van der Waals surface area contributed by atoms with Crippen molar-refractivity contribution in [2.24, 2.45) is 10.9 Å². The predicted octanol–water partition coefficient (Wildman–Crippen LogP) is 3.19. The molecular formula is C11H17F3N2S. The van der Waals surface area contributed by atoms with E-state index in [-0.39, 0.29) is 12.8 Å². The molecule has 2 aliphatic rings. The first kappa shape index (κ1) is 13.1. The number of nitrogens with zero attached hydrogens (tertiary/aromatic N) is 1. The Balaban J connectivity index is 1.86. The van der Waals surface area contributed by atoms with Crippen molar-refractivity contribution in [3.63, 3.8) is 0 Å². The maximum atomic E-state index is 12.7. The SMILES string of the molecule is CC(C)CC1CN=C(NC2(C(F)(F)F)CC2)S1. The van der Waals surface area contributed by atoms with E-state index in [0.717, 1.165) is 6.42 Å². The number of nitrogens with one attached hydrogen (secondary N) is 1. The van der Waals surface area contributed by atoms with Crippen LogP contribution in [0.5, 0.6) is 0 Å². The third-order valence-electron chi connectivity index (χ3n) is 3.09. The molecule has 0 aromatic carbocycles. The first-order valence-corrected chi connectivity index (χ1v) is 6.76. The molecule has 1 aliphatic carbocycles. The van der Waals surface area contributed by atoms with E-state index in [9.17, 15) is 13.2 Å². The summed E-state index contributed by atoms with van der Waals surface area (Å²) in [7, 11) is 0. The van der Waals surface area contributed by atoms with Gasteiger partial charge in [0, 0.05) is 5.25 Å². The highest BCUT2D eigenvalue weighted by Gasteiger charge is 2.64. The molecule has 17 heavy (non-hydrogen) atoms. The zero-order chi connectivity index (χ0) is 12.7. The third kappa shape index (κ3) is 2.89. The average molecular weight is 266 g/mol. The van der Waals surface area contributed by atoms with E-state index in [4.69, 9.17) is 0 Å². The second-order valence-electron chi connectivity index (χ2n) is 5.22. The van der Waals surface area contributed by atoms with Crippen LogP contribution >= 0.6 is 11.8 Å². The maximum Gasteiger partial charge on any atom is 0.411 e. The van der Waals surface area contributed by atoms with Gasteiger partial charge in [-0.15, -0.1) is 0 Å². The van der Waals surface area contributed by atoms with E-state index in [2.05, 4.69) is 24.2 Å². The fraction of sp³-hybridized carbons (Fsp3) is 0.909. The van der Waals surface area contributed by atoms with E-state index >= 15 is 0 Å². The summed E-state index contributed by atoms with van der Waals surface area (Å²) in [6.07, 6.45) is -2.82. The first-order valence-electron chi connectivity index (χ1n) is 5.88. The standard InChI is InChI=1S/C11H17F3N2S/c1-7(2)5-8-6-15-9(17-8)16-10(3-4-10)11(12,13)14/h7-8H,3-6H2,1-2H3,(H,15,16). The highest BCUT2D eigenvalue weighted by molar-refractivity contribution is 8.14. The molecule has 0 spiro atoms. The summed E-state index contributed by atoms with van der Waals surface area (Å²) < 4.78 is 38.2. The van der Waals surface area contributed by atoms with Crippen molar-refractivity contribution in [2.45, 2.75) is 50.1 Å². The molecule has 0 aromatic rings. The van der Waals surface area contributed by atoms with E-state index in [1.165, 1.54) is 11.8 Å². The lowest BCUT2D eigenvalue weighted by atomic mass is 10.1. The first-order chi connectivity index (χ1) is 7.82. The van der Waals surface area contributed by atoms with E-state index < -0.39 is 11.7 Å². The van der Waals surface area contributed by atoms with E-state index in [0.29, 0.717) is 22.9 Å². The van der Waals surface area contributed by atoms with E-state index in [1.54, 1.807) is 0 Å². The number of hydrogen-bond acceptors (Lipinski definition) is 3. The highest BCUT2D eigenvalue weighted by atomic mass is 32.2. The second kappa shape index (κ2) is 4.37. The summed E-state index contributed by atoms with van der Waals surface area (Å²) in [5, 5.41) is 3.41. The number of thioether (sulfide) groups is 1. The topological polar surface area (TPSA) is 24.4 Å². The predicted molar refractivity (Wildman–Crippen MR) is 64.3 cm³/mol. The van der Waals surface area contributed by atoms with Gasteiger partial charge < -0.3 is 5.32 Å². The van der Waals surface area contributed by atoms with Gasteiger partial charge in [0.2, 0.25) is 0 Å². The molecule has 6 heteroatoms. The summed E-state index contributed by atoms with van der Waals surface area (Å²) in [4.78, 5) is 4.18. The molecule has 0 saturated heterocycles. The quantitative estimate of drug-likeness (QED) is 0.848. The van der Waals surface area contributed by atoms with Crippen LogP contribution in [-0.4, -0.2) is 28.7 Å². The third-order valence-corrected chi connectivity index (χ3v) is 4.22. The number of aliphatic imine (C=N–C) groups is 1. The molecule has 0 amide bonds. The zero-order valence-corrected chi connectivity index (χ0v) is 10.8. The van der Waals surface area contributed by atoms with Gasteiger partial charge in [-0.3, -0.25) is 4.99 Å². The van der Waals surface area contributed by atoms with Gasteiger partial charge in [0.25, 0.3) is 0 Å². The van der Waals surface area contributed by atoms with Crippen molar-refractivity contribution >= 4 is 16.9 Å². The Morgan fingerprint density at radius 2 is 2.12 bits per heavy atom. The van der Waals surface area contributed by atoms with Gasteiger partial charge >= 0.3 is 6.18 Å². The highest BCUT2D eigenvalue weighted by Crippen LogP contribution is 2.49. The fourth-order valence-electron chi connectivity index (χ4n) is 1.94. The Hall–Kier alpha value is -0.390. The largest absolute Gasteiger partial charge is 0.411 e. The number of rotatable bonds is 3. The molecule has 2 nitrogen and oxygen atoms in total. The van der Waals surface area contributed by atoms with Crippen molar-refractivity contribution < 1.29 is 13.2 Å². The van der Waals surface area contributed by atoms with Crippen LogP contribution in [-0.2, 0) is 0 Å². The molecule has 1 unspecified atom stereocenters. The molecule has 2 rings (SSSR count). The molecule has 0 aromatic heterocycles. The van der Waals surface area contributed by atoms with Crippen LogP contribution in [0.1, 0.15) is 33.1 Å². The Morgan fingerprint density at radius 1 is 1.47 bits per heavy atom. The van der Waals surface area contributed by atoms with Gasteiger partial charge in [-0.05, 0) is 25.2 Å². The van der Waals surface area contributed by atoms with Crippen molar-refractivity contribution in [3.05, 3.63) is 0 Å². The zero-order valence-electron chi connectivity index (χ0n) is 9.97. The smallest absolute Gasteiger partial charge is 0.351 e. The Labute approximate surface area is 103 Å². The molecule has 0 radical (unpaired) electrons. The van der Waals surface area contributed by atoms with Gasteiger partial charge in [0.15, 0.2) is 5.17 Å². The molecule has 1 aliphatic heterocycles. The van der Waals surface area contributed by atoms with E-state index in [1.807, 2.05) is 0 Å². The lowest BCUT2D eigenvalue weighted by Gasteiger charge is -2.21. The molecule has 1 atom stereocenters. The molecule has 1 fully saturated rings. The summed E-state index contributed by atoms with van der Waals surface area (Å²) in [6, 6.07) is 0. The minimum absolute atomic E-state index is 0.172.